The number of pyridine rings is 1. The number of aromatic nitrogens is 2. The zero-order valence-corrected chi connectivity index (χ0v) is 12.3. The van der Waals surface area contributed by atoms with E-state index >= 15 is 0 Å². The van der Waals surface area contributed by atoms with Crippen LogP contribution in [0.4, 0.5) is 0 Å². The molecule has 0 atom stereocenters. The van der Waals surface area contributed by atoms with Crippen LogP contribution in [0, 0.1) is 0 Å². The van der Waals surface area contributed by atoms with Crippen LogP contribution in [0.3, 0.4) is 0 Å². The Morgan fingerprint density at radius 1 is 1.39 bits per heavy atom. The molecule has 0 fully saturated rings. The summed E-state index contributed by atoms with van der Waals surface area (Å²) in [7, 11) is 0. The van der Waals surface area contributed by atoms with Crippen LogP contribution in [0.5, 0.6) is 0 Å². The average molecular weight is 279 g/mol. The normalized spacial score (nSPS) is 10.8. The fourth-order valence-electron chi connectivity index (χ4n) is 1.80. The highest BCUT2D eigenvalue weighted by atomic mass is 32.2. The van der Waals surface area contributed by atoms with E-state index in [0.717, 1.165) is 28.8 Å². The summed E-state index contributed by atoms with van der Waals surface area (Å²) in [6, 6.07) is 6.03. The van der Waals surface area contributed by atoms with E-state index in [2.05, 4.69) is 28.1 Å². The molecule has 0 aliphatic heterocycles. The van der Waals surface area contributed by atoms with E-state index in [4.69, 9.17) is 12.2 Å². The van der Waals surface area contributed by atoms with Crippen LogP contribution in [0.1, 0.15) is 19.5 Å². The van der Waals surface area contributed by atoms with Crippen LogP contribution in [-0.2, 0) is 5.75 Å². The lowest BCUT2D eigenvalue weighted by Crippen LogP contribution is -2.26. The molecule has 0 amide bonds. The van der Waals surface area contributed by atoms with E-state index in [9.17, 15) is 0 Å². The highest BCUT2D eigenvalue weighted by Crippen LogP contribution is 2.17. The van der Waals surface area contributed by atoms with E-state index in [1.807, 2.05) is 30.6 Å². The summed E-state index contributed by atoms with van der Waals surface area (Å²) in [5.41, 5.74) is 2.17. The standard InChI is InChI=1S/C13H17N3S2/c1-3-15(4-2)13(17)18-10-11-9-14-12-7-5-6-8-16(11)12/h5-9H,3-4,10H2,1-2H3. The Balaban J connectivity index is 2.04. The number of thiocarbonyl (C=S) groups is 1. The predicted octanol–water partition coefficient (Wildman–Crippen LogP) is 3.19. The third kappa shape index (κ3) is 2.84. The van der Waals surface area contributed by atoms with Crippen LogP contribution < -0.4 is 0 Å². The second-order valence-corrected chi connectivity index (χ2v) is 5.51. The first-order valence-corrected chi connectivity index (χ1v) is 7.48. The molecule has 2 aromatic heterocycles. The van der Waals surface area contributed by atoms with Crippen LogP contribution in [-0.4, -0.2) is 31.7 Å². The lowest BCUT2D eigenvalue weighted by Gasteiger charge is -2.20. The van der Waals surface area contributed by atoms with Crippen LogP contribution in [0.15, 0.2) is 30.6 Å². The Morgan fingerprint density at radius 2 is 2.17 bits per heavy atom. The van der Waals surface area contributed by atoms with E-state index in [1.54, 1.807) is 11.8 Å². The molecule has 0 unspecified atom stereocenters. The first kappa shape index (κ1) is 13.4. The average Bonchev–Trinajstić information content (AvgIpc) is 2.81. The number of thioether (sulfide) groups is 1. The first-order valence-electron chi connectivity index (χ1n) is 6.09. The Labute approximate surface area is 117 Å². The summed E-state index contributed by atoms with van der Waals surface area (Å²) in [5, 5.41) is 0. The van der Waals surface area contributed by atoms with Crippen LogP contribution in [0.2, 0.25) is 0 Å². The van der Waals surface area contributed by atoms with E-state index in [-0.39, 0.29) is 0 Å². The number of fused-ring (bicyclic) bond motifs is 1. The maximum atomic E-state index is 5.43. The molecule has 0 spiro atoms. The van der Waals surface area contributed by atoms with Gasteiger partial charge in [0.15, 0.2) is 0 Å². The fraction of sp³-hybridized carbons (Fsp3) is 0.385. The summed E-state index contributed by atoms with van der Waals surface area (Å²) in [6.45, 7) is 6.19. The molecule has 2 aromatic rings. The smallest absolute Gasteiger partial charge is 0.136 e. The minimum Gasteiger partial charge on any atom is -0.358 e. The molecule has 0 radical (unpaired) electrons. The lowest BCUT2D eigenvalue weighted by atomic mass is 10.4. The number of rotatable bonds is 4. The molecule has 0 saturated carbocycles. The molecular formula is C13H17N3S2. The lowest BCUT2D eigenvalue weighted by molar-refractivity contribution is 0.482. The van der Waals surface area contributed by atoms with Crippen molar-refractivity contribution in [1.82, 2.24) is 14.3 Å². The summed E-state index contributed by atoms with van der Waals surface area (Å²) in [4.78, 5) is 6.57. The largest absolute Gasteiger partial charge is 0.358 e. The van der Waals surface area contributed by atoms with Gasteiger partial charge in [-0.15, -0.1) is 0 Å². The van der Waals surface area contributed by atoms with Gasteiger partial charge in [-0.2, -0.15) is 0 Å². The topological polar surface area (TPSA) is 20.5 Å². The van der Waals surface area contributed by atoms with E-state index in [0.29, 0.717) is 0 Å². The zero-order valence-electron chi connectivity index (χ0n) is 10.7. The number of hydrogen-bond acceptors (Lipinski definition) is 3. The second kappa shape index (κ2) is 6.20. The summed E-state index contributed by atoms with van der Waals surface area (Å²) in [5.74, 6) is 0.862. The molecule has 0 aliphatic carbocycles. The molecule has 0 saturated heterocycles. The number of hydrogen-bond donors (Lipinski definition) is 0. The van der Waals surface area contributed by atoms with Crippen LogP contribution >= 0.6 is 24.0 Å². The molecule has 0 N–H and O–H groups in total. The summed E-state index contributed by atoms with van der Waals surface area (Å²) in [6.07, 6.45) is 3.96. The van der Waals surface area contributed by atoms with Gasteiger partial charge in [0, 0.05) is 25.0 Å². The number of nitrogens with zero attached hydrogens (tertiary/aromatic N) is 3. The molecular weight excluding hydrogens is 262 g/mol. The predicted molar refractivity (Wildman–Crippen MR) is 82.0 cm³/mol. The monoisotopic (exact) mass is 279 g/mol. The molecule has 5 heteroatoms. The van der Waals surface area contributed by atoms with Gasteiger partial charge in [-0.05, 0) is 26.0 Å². The quantitative estimate of drug-likeness (QED) is 0.801. The van der Waals surface area contributed by atoms with Crippen LogP contribution in [0.25, 0.3) is 5.65 Å². The minimum absolute atomic E-state index is 0.862. The molecule has 18 heavy (non-hydrogen) atoms. The Morgan fingerprint density at radius 3 is 2.89 bits per heavy atom. The molecule has 2 heterocycles. The van der Waals surface area contributed by atoms with Gasteiger partial charge in [0.1, 0.15) is 9.97 Å². The Bertz CT molecular complexity index is 532. The third-order valence-electron chi connectivity index (χ3n) is 2.86. The van der Waals surface area contributed by atoms with Gasteiger partial charge in [-0.25, -0.2) is 4.98 Å². The van der Waals surface area contributed by atoms with Gasteiger partial charge in [0.2, 0.25) is 0 Å². The maximum Gasteiger partial charge on any atom is 0.136 e. The van der Waals surface area contributed by atoms with Gasteiger partial charge < -0.3 is 9.30 Å². The SMILES string of the molecule is CCN(CC)C(=S)SCc1cnc2ccccn12. The van der Waals surface area contributed by atoms with Crippen molar-refractivity contribution in [3.8, 4) is 0 Å². The Hall–Kier alpha value is -1.07. The number of imidazole rings is 1. The highest BCUT2D eigenvalue weighted by Gasteiger charge is 2.08. The highest BCUT2D eigenvalue weighted by molar-refractivity contribution is 8.22. The zero-order chi connectivity index (χ0) is 13.0. The van der Waals surface area contributed by atoms with E-state index < -0.39 is 0 Å². The second-order valence-electron chi connectivity index (χ2n) is 3.91. The van der Waals surface area contributed by atoms with Crippen molar-refractivity contribution >= 4 is 33.9 Å². The first-order chi connectivity index (χ1) is 8.76. The van der Waals surface area contributed by atoms with Crippen molar-refractivity contribution in [2.45, 2.75) is 19.6 Å². The van der Waals surface area contributed by atoms with Gasteiger partial charge >= 0.3 is 0 Å². The van der Waals surface area contributed by atoms with Gasteiger partial charge in [-0.3, -0.25) is 0 Å². The van der Waals surface area contributed by atoms with Gasteiger partial charge in [0.25, 0.3) is 0 Å². The van der Waals surface area contributed by atoms with Crippen molar-refractivity contribution in [2.75, 3.05) is 13.1 Å². The summed E-state index contributed by atoms with van der Waals surface area (Å²) >= 11 is 7.13. The Kier molecular flexibility index (Phi) is 4.60. The minimum atomic E-state index is 0.862. The molecule has 2 rings (SSSR count). The van der Waals surface area contributed by atoms with E-state index in [1.165, 1.54) is 5.69 Å². The maximum absolute atomic E-state index is 5.43. The molecule has 96 valence electrons. The van der Waals surface area contributed by atoms with Crippen molar-refractivity contribution < 1.29 is 0 Å². The fourth-order valence-corrected chi connectivity index (χ4v) is 3.16. The molecule has 3 nitrogen and oxygen atoms in total. The third-order valence-corrected chi connectivity index (χ3v) is 4.42. The van der Waals surface area contributed by atoms with Crippen molar-refractivity contribution in [1.29, 1.82) is 0 Å². The molecule has 0 aliphatic rings. The van der Waals surface area contributed by atoms with Crippen molar-refractivity contribution in [2.24, 2.45) is 0 Å². The molecule has 0 aromatic carbocycles. The van der Waals surface area contributed by atoms with Crippen molar-refractivity contribution in [3.63, 3.8) is 0 Å². The molecule has 0 bridgehead atoms. The van der Waals surface area contributed by atoms with Crippen molar-refractivity contribution in [3.05, 3.63) is 36.3 Å². The van der Waals surface area contributed by atoms with Gasteiger partial charge in [-0.1, -0.05) is 30.0 Å². The van der Waals surface area contributed by atoms with Gasteiger partial charge in [0.05, 0.1) is 11.9 Å². The summed E-state index contributed by atoms with van der Waals surface area (Å²) < 4.78 is 3.07.